The first-order valence-electron chi connectivity index (χ1n) is 7.17. The third-order valence-electron chi connectivity index (χ3n) is 3.99. The lowest BCUT2D eigenvalue weighted by atomic mass is 10.1. The number of amides is 2. The number of fused-ring (bicyclic) bond motifs is 1. The molecule has 0 aliphatic carbocycles. The molecule has 1 unspecified atom stereocenters. The molecule has 1 aromatic rings. The topological polar surface area (TPSA) is 78.9 Å². The second kappa shape index (κ2) is 5.63. The van der Waals surface area contributed by atoms with Crippen molar-refractivity contribution in [2.24, 2.45) is 0 Å². The number of carbonyl (C=O) groups excluding carboxylic acids is 1. The highest BCUT2D eigenvalue weighted by atomic mass is 16.5. The van der Waals surface area contributed by atoms with E-state index in [0.29, 0.717) is 19.5 Å². The molecule has 1 aromatic carbocycles. The first kappa shape index (κ1) is 13.7. The molecule has 0 spiro atoms. The lowest BCUT2D eigenvalue weighted by Crippen LogP contribution is -2.48. The highest BCUT2D eigenvalue weighted by Crippen LogP contribution is 2.27. The van der Waals surface area contributed by atoms with Crippen LogP contribution < -0.4 is 10.1 Å². The molecule has 6 nitrogen and oxygen atoms in total. The summed E-state index contributed by atoms with van der Waals surface area (Å²) in [5.74, 6) is -0.0755. The number of para-hydroxylation sites is 1. The van der Waals surface area contributed by atoms with Gasteiger partial charge in [0.25, 0.3) is 0 Å². The van der Waals surface area contributed by atoms with Gasteiger partial charge in [0.1, 0.15) is 17.9 Å². The van der Waals surface area contributed by atoms with E-state index in [2.05, 4.69) is 5.32 Å². The lowest BCUT2D eigenvalue weighted by molar-refractivity contribution is -0.141. The highest BCUT2D eigenvalue weighted by molar-refractivity contribution is 5.83. The summed E-state index contributed by atoms with van der Waals surface area (Å²) in [6.45, 7) is 0.880. The largest absolute Gasteiger partial charge is 0.488 e. The lowest BCUT2D eigenvalue weighted by Gasteiger charge is -2.22. The van der Waals surface area contributed by atoms with Gasteiger partial charge in [-0.1, -0.05) is 18.2 Å². The maximum atomic E-state index is 12.1. The van der Waals surface area contributed by atoms with E-state index in [4.69, 9.17) is 9.84 Å². The molecule has 0 radical (unpaired) electrons. The molecule has 2 atom stereocenters. The van der Waals surface area contributed by atoms with Gasteiger partial charge < -0.3 is 20.1 Å². The van der Waals surface area contributed by atoms with Crippen molar-refractivity contribution in [2.45, 2.75) is 31.4 Å². The Kier molecular flexibility index (Phi) is 3.68. The Bertz CT molecular complexity index is 535. The second-order valence-corrected chi connectivity index (χ2v) is 5.43. The number of urea groups is 1. The van der Waals surface area contributed by atoms with E-state index in [-0.39, 0.29) is 12.1 Å². The summed E-state index contributed by atoms with van der Waals surface area (Å²) in [4.78, 5) is 24.6. The molecule has 2 heterocycles. The van der Waals surface area contributed by atoms with Gasteiger partial charge in [0.05, 0.1) is 6.54 Å². The summed E-state index contributed by atoms with van der Waals surface area (Å²) in [7, 11) is 0. The smallest absolute Gasteiger partial charge is 0.326 e. The Morgan fingerprint density at radius 1 is 1.38 bits per heavy atom. The Hall–Kier alpha value is -2.24. The van der Waals surface area contributed by atoms with Crippen LogP contribution in [0.3, 0.4) is 0 Å². The van der Waals surface area contributed by atoms with Crippen LogP contribution >= 0.6 is 0 Å². The minimum Gasteiger partial charge on any atom is -0.488 e. The van der Waals surface area contributed by atoms with Gasteiger partial charge in [0, 0.05) is 13.0 Å². The van der Waals surface area contributed by atoms with Crippen LogP contribution in [0.25, 0.3) is 0 Å². The molecular formula is C15H18N2O4. The fourth-order valence-corrected chi connectivity index (χ4v) is 2.94. The number of nitrogens with zero attached hydrogens (tertiary/aromatic N) is 1. The average molecular weight is 290 g/mol. The zero-order chi connectivity index (χ0) is 14.8. The van der Waals surface area contributed by atoms with Crippen LogP contribution in [-0.2, 0) is 11.2 Å². The molecule has 1 saturated heterocycles. The quantitative estimate of drug-likeness (QED) is 0.878. The van der Waals surface area contributed by atoms with Crippen molar-refractivity contribution in [3.63, 3.8) is 0 Å². The average Bonchev–Trinajstić information content (AvgIpc) is 3.10. The number of aliphatic carboxylic acids is 1. The number of carboxylic acid groups (broad SMARTS) is 1. The maximum Gasteiger partial charge on any atom is 0.326 e. The highest BCUT2D eigenvalue weighted by Gasteiger charge is 2.34. The molecule has 6 heteroatoms. The van der Waals surface area contributed by atoms with Crippen LogP contribution in [0.2, 0.25) is 0 Å². The Morgan fingerprint density at radius 3 is 2.95 bits per heavy atom. The van der Waals surface area contributed by atoms with Crippen molar-refractivity contribution in [1.29, 1.82) is 0 Å². The number of carboxylic acids is 1. The standard InChI is InChI=1S/C15H18N2O4/c18-14(19)12-5-3-7-17(12)15(20)16-9-11-8-10-4-1-2-6-13(10)21-11/h1-2,4,6,11-12H,3,5,7-9H2,(H,16,20)(H,18,19)/t11?,12-/m1/s1. The summed E-state index contributed by atoms with van der Waals surface area (Å²) in [6.07, 6.45) is 1.93. The van der Waals surface area contributed by atoms with E-state index in [1.54, 1.807) is 0 Å². The predicted octanol–water partition coefficient (Wildman–Crippen LogP) is 1.25. The van der Waals surface area contributed by atoms with Crippen LogP contribution in [0.5, 0.6) is 5.75 Å². The number of benzene rings is 1. The van der Waals surface area contributed by atoms with Gasteiger partial charge in [-0.2, -0.15) is 0 Å². The summed E-state index contributed by atoms with van der Waals surface area (Å²) in [6, 6.07) is 6.79. The predicted molar refractivity (Wildman–Crippen MR) is 75.3 cm³/mol. The summed E-state index contributed by atoms with van der Waals surface area (Å²) >= 11 is 0. The summed E-state index contributed by atoms with van der Waals surface area (Å²) in [5, 5.41) is 11.9. The van der Waals surface area contributed by atoms with Crippen molar-refractivity contribution >= 4 is 12.0 Å². The third-order valence-corrected chi connectivity index (χ3v) is 3.99. The van der Waals surface area contributed by atoms with Crippen LogP contribution in [0.1, 0.15) is 18.4 Å². The first-order chi connectivity index (χ1) is 10.1. The van der Waals surface area contributed by atoms with Gasteiger partial charge in [-0.05, 0) is 24.5 Å². The molecule has 2 aliphatic rings. The van der Waals surface area contributed by atoms with Crippen molar-refractivity contribution in [1.82, 2.24) is 10.2 Å². The molecule has 0 saturated carbocycles. The van der Waals surface area contributed by atoms with Crippen molar-refractivity contribution < 1.29 is 19.4 Å². The van der Waals surface area contributed by atoms with E-state index in [1.807, 2.05) is 24.3 Å². The van der Waals surface area contributed by atoms with Gasteiger partial charge in [0.15, 0.2) is 0 Å². The van der Waals surface area contributed by atoms with E-state index in [1.165, 1.54) is 4.90 Å². The van der Waals surface area contributed by atoms with Crippen molar-refractivity contribution in [3.8, 4) is 5.75 Å². The molecule has 2 amide bonds. The second-order valence-electron chi connectivity index (χ2n) is 5.43. The fraction of sp³-hybridized carbons (Fsp3) is 0.467. The SMILES string of the molecule is O=C(O)[C@H]1CCCN1C(=O)NCC1Cc2ccccc2O1. The molecule has 21 heavy (non-hydrogen) atoms. The van der Waals surface area contributed by atoms with Gasteiger partial charge >= 0.3 is 12.0 Å². The number of nitrogens with one attached hydrogen (secondary N) is 1. The van der Waals surface area contributed by atoms with Gasteiger partial charge in [-0.15, -0.1) is 0 Å². The summed E-state index contributed by atoms with van der Waals surface area (Å²) in [5.41, 5.74) is 1.14. The molecule has 3 rings (SSSR count). The number of ether oxygens (including phenoxy) is 1. The Labute approximate surface area is 122 Å². The van der Waals surface area contributed by atoms with E-state index >= 15 is 0 Å². The van der Waals surface area contributed by atoms with E-state index in [0.717, 1.165) is 24.2 Å². The molecule has 2 N–H and O–H groups in total. The Balaban J connectivity index is 1.52. The number of likely N-dealkylation sites (tertiary alicyclic amines) is 1. The minimum atomic E-state index is -0.938. The van der Waals surface area contributed by atoms with Gasteiger partial charge in [-0.3, -0.25) is 0 Å². The fourth-order valence-electron chi connectivity index (χ4n) is 2.94. The van der Waals surface area contributed by atoms with Gasteiger partial charge in [-0.25, -0.2) is 9.59 Å². The molecular weight excluding hydrogens is 272 g/mol. The molecule has 1 fully saturated rings. The van der Waals surface area contributed by atoms with E-state index in [9.17, 15) is 9.59 Å². The molecule has 112 valence electrons. The zero-order valence-electron chi connectivity index (χ0n) is 11.6. The van der Waals surface area contributed by atoms with Crippen LogP contribution in [0.4, 0.5) is 4.79 Å². The number of carbonyl (C=O) groups is 2. The number of hydrogen-bond acceptors (Lipinski definition) is 3. The first-order valence-corrected chi connectivity index (χ1v) is 7.17. The maximum absolute atomic E-state index is 12.1. The van der Waals surface area contributed by atoms with Gasteiger partial charge in [0.2, 0.25) is 0 Å². The monoisotopic (exact) mass is 290 g/mol. The minimum absolute atomic E-state index is 0.0859. The Morgan fingerprint density at radius 2 is 2.19 bits per heavy atom. The summed E-state index contributed by atoms with van der Waals surface area (Å²) < 4.78 is 5.74. The van der Waals surface area contributed by atoms with Crippen molar-refractivity contribution in [3.05, 3.63) is 29.8 Å². The van der Waals surface area contributed by atoms with Crippen LogP contribution in [-0.4, -0.2) is 47.2 Å². The van der Waals surface area contributed by atoms with Crippen LogP contribution in [0, 0.1) is 0 Å². The van der Waals surface area contributed by atoms with Crippen LogP contribution in [0.15, 0.2) is 24.3 Å². The molecule has 2 aliphatic heterocycles. The number of rotatable bonds is 3. The number of hydrogen-bond donors (Lipinski definition) is 2. The van der Waals surface area contributed by atoms with Crippen molar-refractivity contribution in [2.75, 3.05) is 13.1 Å². The van der Waals surface area contributed by atoms with E-state index < -0.39 is 12.0 Å². The normalized spacial score (nSPS) is 23.5. The zero-order valence-corrected chi connectivity index (χ0v) is 11.6. The molecule has 0 bridgehead atoms. The third kappa shape index (κ3) is 2.79. The molecule has 0 aromatic heterocycles.